The lowest BCUT2D eigenvalue weighted by Crippen LogP contribution is -2.24. The number of esters is 1. The first-order valence-corrected chi connectivity index (χ1v) is 5.82. The number of rotatable bonds is 2. The topological polar surface area (TPSA) is 57.0 Å². The van der Waals surface area contributed by atoms with E-state index in [0.29, 0.717) is 5.92 Å². The van der Waals surface area contributed by atoms with Crippen molar-refractivity contribution in [3.8, 4) is 0 Å². The SMILES string of the molecule is COC(=O)C1CCCn2nc(C3CC3)nc21. The Morgan fingerprint density at radius 2 is 2.25 bits per heavy atom. The molecule has 1 aromatic rings. The van der Waals surface area contributed by atoms with E-state index in [1.165, 1.54) is 20.0 Å². The Bertz CT molecular complexity index is 423. The summed E-state index contributed by atoms with van der Waals surface area (Å²) in [7, 11) is 1.43. The molecule has 1 fully saturated rings. The van der Waals surface area contributed by atoms with E-state index in [1.807, 2.05) is 4.68 Å². The highest BCUT2D eigenvalue weighted by Crippen LogP contribution is 2.39. The van der Waals surface area contributed by atoms with Crippen molar-refractivity contribution in [1.82, 2.24) is 14.8 Å². The molecule has 1 saturated carbocycles. The van der Waals surface area contributed by atoms with Gasteiger partial charge in [0.2, 0.25) is 0 Å². The monoisotopic (exact) mass is 221 g/mol. The van der Waals surface area contributed by atoms with Crippen molar-refractivity contribution < 1.29 is 9.53 Å². The summed E-state index contributed by atoms with van der Waals surface area (Å²) < 4.78 is 6.70. The smallest absolute Gasteiger partial charge is 0.316 e. The highest BCUT2D eigenvalue weighted by Gasteiger charge is 2.34. The van der Waals surface area contributed by atoms with Gasteiger partial charge in [-0.1, -0.05) is 0 Å². The minimum Gasteiger partial charge on any atom is -0.468 e. The fraction of sp³-hybridized carbons (Fsp3) is 0.727. The number of aromatic nitrogens is 3. The molecule has 1 aliphatic carbocycles. The molecule has 0 bridgehead atoms. The molecule has 1 atom stereocenters. The Labute approximate surface area is 93.8 Å². The lowest BCUT2D eigenvalue weighted by atomic mass is 9.99. The van der Waals surface area contributed by atoms with Crippen molar-refractivity contribution in [3.05, 3.63) is 11.6 Å². The Balaban J connectivity index is 1.94. The van der Waals surface area contributed by atoms with Crippen molar-refractivity contribution in [2.45, 2.75) is 44.1 Å². The van der Waals surface area contributed by atoms with E-state index in [0.717, 1.165) is 31.0 Å². The van der Waals surface area contributed by atoms with Crippen LogP contribution in [0.4, 0.5) is 0 Å². The first-order chi connectivity index (χ1) is 7.79. The summed E-state index contributed by atoms with van der Waals surface area (Å²) in [6.45, 7) is 0.878. The van der Waals surface area contributed by atoms with Gasteiger partial charge in [-0.3, -0.25) is 4.79 Å². The number of methoxy groups -OCH3 is 1. The van der Waals surface area contributed by atoms with Crippen LogP contribution in [0.15, 0.2) is 0 Å². The van der Waals surface area contributed by atoms with Gasteiger partial charge in [0.1, 0.15) is 11.7 Å². The zero-order valence-corrected chi connectivity index (χ0v) is 9.35. The molecule has 1 aliphatic heterocycles. The van der Waals surface area contributed by atoms with Crippen LogP contribution in [-0.4, -0.2) is 27.8 Å². The zero-order chi connectivity index (χ0) is 11.1. The summed E-state index contributed by atoms with van der Waals surface area (Å²) in [6, 6.07) is 0. The maximum atomic E-state index is 11.6. The van der Waals surface area contributed by atoms with Gasteiger partial charge in [0.05, 0.1) is 7.11 Å². The molecule has 0 spiro atoms. The standard InChI is InChI=1S/C11H15N3O2/c1-16-11(15)8-3-2-6-14-10(8)12-9(13-14)7-4-5-7/h7-8H,2-6H2,1H3. The number of fused-ring (bicyclic) bond motifs is 1. The van der Waals surface area contributed by atoms with E-state index in [2.05, 4.69) is 10.1 Å². The predicted octanol–water partition coefficient (Wildman–Crippen LogP) is 1.21. The van der Waals surface area contributed by atoms with Gasteiger partial charge < -0.3 is 4.74 Å². The first kappa shape index (κ1) is 9.81. The summed E-state index contributed by atoms with van der Waals surface area (Å²) in [5.41, 5.74) is 0. The minimum absolute atomic E-state index is 0.185. The summed E-state index contributed by atoms with van der Waals surface area (Å²) >= 11 is 0. The average molecular weight is 221 g/mol. The molecular formula is C11H15N3O2. The summed E-state index contributed by atoms with van der Waals surface area (Å²) in [6.07, 6.45) is 4.17. The number of hydrogen-bond donors (Lipinski definition) is 0. The molecule has 5 nitrogen and oxygen atoms in total. The van der Waals surface area contributed by atoms with Gasteiger partial charge >= 0.3 is 5.97 Å². The van der Waals surface area contributed by atoms with Gasteiger partial charge in [-0.25, -0.2) is 9.67 Å². The number of carbonyl (C=O) groups is 1. The maximum absolute atomic E-state index is 11.6. The molecule has 0 radical (unpaired) electrons. The molecule has 0 amide bonds. The largest absolute Gasteiger partial charge is 0.468 e. The molecule has 0 N–H and O–H groups in total. The maximum Gasteiger partial charge on any atom is 0.316 e. The van der Waals surface area contributed by atoms with Crippen LogP contribution < -0.4 is 0 Å². The molecule has 2 heterocycles. The highest BCUT2D eigenvalue weighted by atomic mass is 16.5. The van der Waals surface area contributed by atoms with E-state index in [9.17, 15) is 4.79 Å². The highest BCUT2D eigenvalue weighted by molar-refractivity contribution is 5.77. The first-order valence-electron chi connectivity index (χ1n) is 5.82. The van der Waals surface area contributed by atoms with Crippen molar-refractivity contribution >= 4 is 5.97 Å². The van der Waals surface area contributed by atoms with E-state index in [1.54, 1.807) is 0 Å². The third kappa shape index (κ3) is 1.50. The molecule has 1 unspecified atom stereocenters. The van der Waals surface area contributed by atoms with Crippen LogP contribution >= 0.6 is 0 Å². The second-order valence-corrected chi connectivity index (χ2v) is 4.54. The molecule has 0 saturated heterocycles. The van der Waals surface area contributed by atoms with Crippen LogP contribution in [0.25, 0.3) is 0 Å². The zero-order valence-electron chi connectivity index (χ0n) is 9.35. The van der Waals surface area contributed by atoms with Gasteiger partial charge in [-0.15, -0.1) is 0 Å². The molecule has 86 valence electrons. The lowest BCUT2D eigenvalue weighted by molar-refractivity contribution is -0.143. The molecule has 1 aromatic heterocycles. The number of hydrogen-bond acceptors (Lipinski definition) is 4. The van der Waals surface area contributed by atoms with Crippen LogP contribution in [0.3, 0.4) is 0 Å². The summed E-state index contributed by atoms with van der Waals surface area (Å²) in [5.74, 6) is 1.87. The number of aryl methyl sites for hydroxylation is 1. The number of nitrogens with zero attached hydrogens (tertiary/aromatic N) is 3. The lowest BCUT2D eigenvalue weighted by Gasteiger charge is -2.19. The minimum atomic E-state index is -0.209. The van der Waals surface area contributed by atoms with E-state index >= 15 is 0 Å². The van der Waals surface area contributed by atoms with Crippen molar-refractivity contribution in [1.29, 1.82) is 0 Å². The molecule has 5 heteroatoms. The third-order valence-electron chi connectivity index (χ3n) is 3.32. The second kappa shape index (κ2) is 3.57. The summed E-state index contributed by atoms with van der Waals surface area (Å²) in [5, 5.41) is 4.48. The molecular weight excluding hydrogens is 206 g/mol. The quantitative estimate of drug-likeness (QED) is 0.704. The number of ether oxygens (including phenoxy) is 1. The predicted molar refractivity (Wildman–Crippen MR) is 56.0 cm³/mol. The number of carbonyl (C=O) groups excluding carboxylic acids is 1. The second-order valence-electron chi connectivity index (χ2n) is 4.54. The third-order valence-corrected chi connectivity index (χ3v) is 3.32. The van der Waals surface area contributed by atoms with Gasteiger partial charge in [-0.2, -0.15) is 5.10 Å². The van der Waals surface area contributed by atoms with Crippen LogP contribution in [0, 0.1) is 0 Å². The Hall–Kier alpha value is -1.39. The fourth-order valence-electron chi connectivity index (χ4n) is 2.25. The molecule has 0 aromatic carbocycles. The van der Waals surface area contributed by atoms with Crippen molar-refractivity contribution in [2.24, 2.45) is 0 Å². The molecule has 3 rings (SSSR count). The van der Waals surface area contributed by atoms with Crippen LogP contribution in [0.5, 0.6) is 0 Å². The van der Waals surface area contributed by atoms with Crippen molar-refractivity contribution in [3.63, 3.8) is 0 Å². The normalized spacial score (nSPS) is 23.9. The Morgan fingerprint density at radius 1 is 1.44 bits per heavy atom. The van der Waals surface area contributed by atoms with Crippen LogP contribution in [-0.2, 0) is 16.1 Å². The van der Waals surface area contributed by atoms with Crippen LogP contribution in [0.2, 0.25) is 0 Å². The van der Waals surface area contributed by atoms with Crippen LogP contribution in [0.1, 0.15) is 49.2 Å². The van der Waals surface area contributed by atoms with Gasteiger partial charge in [-0.05, 0) is 25.7 Å². The molecule has 16 heavy (non-hydrogen) atoms. The average Bonchev–Trinajstić information content (AvgIpc) is 3.07. The fourth-order valence-corrected chi connectivity index (χ4v) is 2.25. The Morgan fingerprint density at radius 3 is 2.94 bits per heavy atom. The van der Waals surface area contributed by atoms with Gasteiger partial charge in [0.25, 0.3) is 0 Å². The van der Waals surface area contributed by atoms with E-state index in [4.69, 9.17) is 4.74 Å². The summed E-state index contributed by atoms with van der Waals surface area (Å²) in [4.78, 5) is 16.1. The van der Waals surface area contributed by atoms with E-state index < -0.39 is 0 Å². The molecule has 2 aliphatic rings. The van der Waals surface area contributed by atoms with Gasteiger partial charge in [0, 0.05) is 12.5 Å². The Kier molecular flexibility index (Phi) is 2.19. The van der Waals surface area contributed by atoms with E-state index in [-0.39, 0.29) is 11.9 Å². The van der Waals surface area contributed by atoms with Crippen molar-refractivity contribution in [2.75, 3.05) is 7.11 Å². The van der Waals surface area contributed by atoms with Gasteiger partial charge in [0.15, 0.2) is 5.82 Å².